The van der Waals surface area contributed by atoms with Crippen molar-refractivity contribution in [3.05, 3.63) is 44.4 Å². The lowest BCUT2D eigenvalue weighted by atomic mass is 10.3. The highest BCUT2D eigenvalue weighted by Crippen LogP contribution is 2.36. The van der Waals surface area contributed by atoms with Crippen molar-refractivity contribution in [1.29, 1.82) is 0 Å². The Labute approximate surface area is 127 Å². The first-order valence-corrected chi connectivity index (χ1v) is 6.54. The molecule has 1 heterocycles. The highest BCUT2D eigenvalue weighted by molar-refractivity contribution is 9.10. The number of benzene rings is 1. The number of nitro benzene ring substituents is 1. The molecule has 0 aliphatic heterocycles. The molecule has 7 nitrogen and oxygen atoms in total. The molecule has 110 valence electrons. The molecule has 0 aliphatic carbocycles. The smallest absolute Gasteiger partial charge is 0.312 e. The van der Waals surface area contributed by atoms with Crippen molar-refractivity contribution in [3.8, 4) is 11.6 Å². The van der Waals surface area contributed by atoms with Gasteiger partial charge in [0.2, 0.25) is 11.6 Å². The fourth-order valence-electron chi connectivity index (χ4n) is 1.64. The van der Waals surface area contributed by atoms with Crippen molar-refractivity contribution in [2.45, 2.75) is 6.92 Å². The SMILES string of the molecule is CNc1ncnc(Oc2cc(F)c(Br)cc2[N+](=O)[O-])c1C. The largest absolute Gasteiger partial charge is 0.431 e. The zero-order valence-corrected chi connectivity index (χ0v) is 12.6. The Kier molecular flexibility index (Phi) is 4.32. The Bertz CT molecular complexity index is 711. The minimum atomic E-state index is -0.670. The lowest BCUT2D eigenvalue weighted by molar-refractivity contribution is -0.385. The molecule has 0 atom stereocenters. The Morgan fingerprint density at radius 3 is 2.76 bits per heavy atom. The second kappa shape index (κ2) is 6.00. The Balaban J connectivity index is 2.49. The van der Waals surface area contributed by atoms with Crippen LogP contribution in [0.4, 0.5) is 15.9 Å². The van der Waals surface area contributed by atoms with Crippen LogP contribution in [0.5, 0.6) is 11.6 Å². The van der Waals surface area contributed by atoms with Crippen LogP contribution in [-0.2, 0) is 0 Å². The fraction of sp³-hybridized carbons (Fsp3) is 0.167. The van der Waals surface area contributed by atoms with Gasteiger partial charge in [-0.25, -0.2) is 14.4 Å². The van der Waals surface area contributed by atoms with E-state index in [1.165, 1.54) is 6.33 Å². The minimum Gasteiger partial charge on any atom is -0.431 e. The average Bonchev–Trinajstić information content (AvgIpc) is 2.44. The third-order valence-corrected chi connectivity index (χ3v) is 3.29. The van der Waals surface area contributed by atoms with Gasteiger partial charge in [-0.1, -0.05) is 0 Å². The van der Waals surface area contributed by atoms with Gasteiger partial charge >= 0.3 is 5.69 Å². The third-order valence-electron chi connectivity index (χ3n) is 2.68. The van der Waals surface area contributed by atoms with Crippen LogP contribution in [-0.4, -0.2) is 21.9 Å². The lowest BCUT2D eigenvalue weighted by Crippen LogP contribution is -2.01. The standard InChI is InChI=1S/C12H10BrFN4O3/c1-6-11(15-2)16-5-17-12(6)21-10-4-8(14)7(13)3-9(10)18(19)20/h3-5H,1-2H3,(H,15,16,17). The van der Waals surface area contributed by atoms with Gasteiger partial charge in [0, 0.05) is 19.2 Å². The van der Waals surface area contributed by atoms with Gasteiger partial charge in [-0.3, -0.25) is 10.1 Å². The second-order valence-corrected chi connectivity index (χ2v) is 4.85. The summed E-state index contributed by atoms with van der Waals surface area (Å²) in [4.78, 5) is 18.2. The molecule has 0 spiro atoms. The number of aromatic nitrogens is 2. The zero-order chi connectivity index (χ0) is 15.6. The summed E-state index contributed by atoms with van der Waals surface area (Å²) in [5.41, 5.74) is 0.185. The molecule has 0 fully saturated rings. The van der Waals surface area contributed by atoms with Crippen LogP contribution in [0.25, 0.3) is 0 Å². The van der Waals surface area contributed by atoms with Crippen LogP contribution >= 0.6 is 15.9 Å². The molecule has 1 aromatic heterocycles. The van der Waals surface area contributed by atoms with Crippen LogP contribution in [0.3, 0.4) is 0 Å². The van der Waals surface area contributed by atoms with Crippen molar-refractivity contribution in [2.75, 3.05) is 12.4 Å². The first kappa shape index (κ1) is 15.1. The number of halogens is 2. The van der Waals surface area contributed by atoms with Crippen LogP contribution in [0.1, 0.15) is 5.56 Å². The molecule has 0 unspecified atom stereocenters. The van der Waals surface area contributed by atoms with Crippen molar-refractivity contribution in [1.82, 2.24) is 9.97 Å². The van der Waals surface area contributed by atoms with E-state index in [1.807, 2.05) is 0 Å². The summed E-state index contributed by atoms with van der Waals surface area (Å²) in [5, 5.41) is 13.9. The number of nitro groups is 1. The van der Waals surface area contributed by atoms with E-state index in [1.54, 1.807) is 14.0 Å². The molecular formula is C12H10BrFN4O3. The highest BCUT2D eigenvalue weighted by atomic mass is 79.9. The maximum atomic E-state index is 13.6. The summed E-state index contributed by atoms with van der Waals surface area (Å²) in [6.45, 7) is 1.68. The number of nitrogens with zero attached hydrogens (tertiary/aromatic N) is 3. The van der Waals surface area contributed by atoms with Gasteiger partial charge in [-0.05, 0) is 22.9 Å². The number of rotatable bonds is 4. The number of nitrogens with one attached hydrogen (secondary N) is 1. The second-order valence-electron chi connectivity index (χ2n) is 4.00. The van der Waals surface area contributed by atoms with E-state index in [-0.39, 0.29) is 21.8 Å². The summed E-state index contributed by atoms with van der Waals surface area (Å²) in [6, 6.07) is 1.98. The normalized spacial score (nSPS) is 10.3. The van der Waals surface area contributed by atoms with Gasteiger partial charge in [0.05, 0.1) is 15.0 Å². The quantitative estimate of drug-likeness (QED) is 0.666. The van der Waals surface area contributed by atoms with Crippen LogP contribution in [0.2, 0.25) is 0 Å². The van der Waals surface area contributed by atoms with Gasteiger partial charge in [0.1, 0.15) is 18.0 Å². The van der Waals surface area contributed by atoms with Gasteiger partial charge in [0.25, 0.3) is 0 Å². The molecule has 2 aromatic rings. The molecule has 0 saturated heterocycles. The topological polar surface area (TPSA) is 90.2 Å². The highest BCUT2D eigenvalue weighted by Gasteiger charge is 2.21. The molecule has 2 rings (SSSR count). The molecular weight excluding hydrogens is 347 g/mol. The Morgan fingerprint density at radius 2 is 2.14 bits per heavy atom. The van der Waals surface area contributed by atoms with Crippen molar-refractivity contribution < 1.29 is 14.1 Å². The van der Waals surface area contributed by atoms with E-state index in [0.29, 0.717) is 11.4 Å². The maximum Gasteiger partial charge on any atom is 0.312 e. The summed E-state index contributed by atoms with van der Waals surface area (Å²) in [5.74, 6) is -0.278. The summed E-state index contributed by atoms with van der Waals surface area (Å²) < 4.78 is 18.9. The molecule has 0 saturated carbocycles. The predicted molar refractivity (Wildman–Crippen MR) is 77.1 cm³/mol. The Morgan fingerprint density at radius 1 is 1.43 bits per heavy atom. The van der Waals surface area contributed by atoms with Crippen LogP contribution < -0.4 is 10.1 Å². The van der Waals surface area contributed by atoms with Gasteiger partial charge < -0.3 is 10.1 Å². The number of hydrogen-bond acceptors (Lipinski definition) is 6. The van der Waals surface area contributed by atoms with Gasteiger partial charge in [-0.2, -0.15) is 0 Å². The van der Waals surface area contributed by atoms with Gasteiger partial charge in [-0.15, -0.1) is 0 Å². The number of ether oxygens (including phenoxy) is 1. The number of hydrogen-bond donors (Lipinski definition) is 1. The zero-order valence-electron chi connectivity index (χ0n) is 11.1. The molecule has 0 radical (unpaired) electrons. The summed E-state index contributed by atoms with van der Waals surface area (Å²) in [6.07, 6.45) is 1.25. The van der Waals surface area contributed by atoms with E-state index in [9.17, 15) is 14.5 Å². The maximum absolute atomic E-state index is 13.6. The van der Waals surface area contributed by atoms with Crippen molar-refractivity contribution in [2.24, 2.45) is 0 Å². The predicted octanol–water partition coefficient (Wildman–Crippen LogP) is 3.43. The van der Waals surface area contributed by atoms with E-state index in [4.69, 9.17) is 4.74 Å². The van der Waals surface area contributed by atoms with E-state index >= 15 is 0 Å². The molecule has 9 heteroatoms. The van der Waals surface area contributed by atoms with Crippen LogP contribution in [0, 0.1) is 22.9 Å². The molecule has 1 N–H and O–H groups in total. The van der Waals surface area contributed by atoms with E-state index in [2.05, 4.69) is 31.2 Å². The number of anilines is 1. The average molecular weight is 357 g/mol. The molecule has 0 aliphatic rings. The molecule has 0 bridgehead atoms. The Hall–Kier alpha value is -2.29. The summed E-state index contributed by atoms with van der Waals surface area (Å²) in [7, 11) is 1.67. The summed E-state index contributed by atoms with van der Waals surface area (Å²) >= 11 is 2.90. The first-order valence-electron chi connectivity index (χ1n) is 5.74. The molecule has 1 aromatic carbocycles. The van der Waals surface area contributed by atoms with E-state index in [0.717, 1.165) is 12.1 Å². The lowest BCUT2D eigenvalue weighted by Gasteiger charge is -2.10. The van der Waals surface area contributed by atoms with E-state index < -0.39 is 10.7 Å². The van der Waals surface area contributed by atoms with Crippen molar-refractivity contribution in [3.63, 3.8) is 0 Å². The molecule has 0 amide bonds. The van der Waals surface area contributed by atoms with Crippen molar-refractivity contribution >= 4 is 27.4 Å². The van der Waals surface area contributed by atoms with Gasteiger partial charge in [0.15, 0.2) is 0 Å². The fourth-order valence-corrected chi connectivity index (χ4v) is 1.97. The first-order chi connectivity index (χ1) is 9.93. The minimum absolute atomic E-state index is 0.0168. The van der Waals surface area contributed by atoms with Crippen LogP contribution in [0.15, 0.2) is 22.9 Å². The molecule has 21 heavy (non-hydrogen) atoms. The third kappa shape index (κ3) is 3.07. The monoisotopic (exact) mass is 356 g/mol.